The molecule has 45 heavy (non-hydrogen) atoms. The maximum Gasteiger partial charge on any atom is 0.228 e. The summed E-state index contributed by atoms with van der Waals surface area (Å²) in [5.74, 6) is 1.07. The number of fused-ring (bicyclic) bond motifs is 8. The van der Waals surface area contributed by atoms with Gasteiger partial charge in [-0.15, -0.1) is 0 Å². The van der Waals surface area contributed by atoms with Crippen LogP contribution in [0.1, 0.15) is 85.5 Å². The van der Waals surface area contributed by atoms with Gasteiger partial charge in [-0.25, -0.2) is 0 Å². The molecule has 0 amide bonds. The van der Waals surface area contributed by atoms with E-state index in [-0.39, 0.29) is 11.7 Å². The van der Waals surface area contributed by atoms with Crippen LogP contribution in [-0.4, -0.2) is 72.4 Å². The Morgan fingerprint density at radius 3 is 2.60 bits per heavy atom. The maximum atomic E-state index is 13.9. The van der Waals surface area contributed by atoms with Crippen LogP contribution in [0, 0.1) is 5.41 Å². The summed E-state index contributed by atoms with van der Waals surface area (Å²) in [4.78, 5) is 18.7. The van der Waals surface area contributed by atoms with Crippen LogP contribution in [0.15, 0.2) is 76.9 Å². The van der Waals surface area contributed by atoms with Crippen LogP contribution < -0.4 is 9.64 Å². The number of hydrogen-bond donors (Lipinski definition) is 2. The van der Waals surface area contributed by atoms with Crippen molar-refractivity contribution in [3.05, 3.63) is 95.0 Å². The quantitative estimate of drug-likeness (QED) is 0.247. The van der Waals surface area contributed by atoms with E-state index in [1.54, 1.807) is 19.2 Å². The number of ether oxygens (including phenoxy) is 1. The van der Waals surface area contributed by atoms with Crippen LogP contribution in [0.4, 0.5) is 5.69 Å². The summed E-state index contributed by atoms with van der Waals surface area (Å²) in [6, 6.07) is 17.8. The Balaban J connectivity index is 1.31. The molecular formula is C38H48N2O5. The van der Waals surface area contributed by atoms with Gasteiger partial charge in [-0.05, 0) is 99.2 Å². The van der Waals surface area contributed by atoms with Crippen molar-refractivity contribution in [1.82, 2.24) is 4.90 Å². The number of furan rings is 1. The smallest absolute Gasteiger partial charge is 0.228 e. The number of benzene rings is 2. The Morgan fingerprint density at radius 1 is 1.04 bits per heavy atom. The van der Waals surface area contributed by atoms with Crippen LogP contribution in [0.2, 0.25) is 0 Å². The first kappa shape index (κ1) is 31.6. The Hall–Kier alpha value is -3.39. The first-order valence-corrected chi connectivity index (χ1v) is 16.6. The van der Waals surface area contributed by atoms with Crippen molar-refractivity contribution in [3.8, 4) is 5.75 Å². The molecule has 2 bridgehead atoms. The summed E-state index contributed by atoms with van der Waals surface area (Å²) in [5.41, 5.74) is 3.58. The number of aliphatic hydroxyl groups is 2. The van der Waals surface area contributed by atoms with Crippen LogP contribution in [0.25, 0.3) is 0 Å². The number of allylic oxidation sites excluding steroid dienone is 2. The number of anilines is 1. The molecule has 2 aromatic carbocycles. The van der Waals surface area contributed by atoms with E-state index in [0.717, 1.165) is 74.4 Å². The minimum atomic E-state index is -0.914. The summed E-state index contributed by atoms with van der Waals surface area (Å²) < 4.78 is 11.2. The molecular weight excluding hydrogens is 564 g/mol. The molecule has 3 aromatic rings. The molecule has 2 heterocycles. The molecule has 0 radical (unpaired) electrons. The highest BCUT2D eigenvalue weighted by Gasteiger charge is 2.57. The number of rotatable bonds is 6. The number of carbonyl (C=O) groups excluding carboxylic acids is 1. The van der Waals surface area contributed by atoms with Gasteiger partial charge >= 0.3 is 0 Å². The van der Waals surface area contributed by atoms with Crippen molar-refractivity contribution in [2.45, 2.75) is 76.4 Å². The Morgan fingerprint density at radius 2 is 1.84 bits per heavy atom. The van der Waals surface area contributed by atoms with Crippen molar-refractivity contribution < 1.29 is 24.2 Å². The van der Waals surface area contributed by atoms with Gasteiger partial charge in [-0.1, -0.05) is 42.8 Å². The van der Waals surface area contributed by atoms with Gasteiger partial charge in [0.05, 0.1) is 30.8 Å². The zero-order chi connectivity index (χ0) is 31.6. The van der Waals surface area contributed by atoms with Gasteiger partial charge in [0.1, 0.15) is 5.75 Å². The number of carbonyl (C=O) groups is 1. The zero-order valence-corrected chi connectivity index (χ0v) is 27.0. The molecule has 1 saturated carbocycles. The Labute approximate surface area is 267 Å². The second-order valence-corrected chi connectivity index (χ2v) is 13.7. The van der Waals surface area contributed by atoms with Gasteiger partial charge in [0.2, 0.25) is 5.78 Å². The van der Waals surface area contributed by atoms with Crippen molar-refractivity contribution in [2.75, 3.05) is 44.7 Å². The fourth-order valence-corrected chi connectivity index (χ4v) is 8.14. The number of para-hydroxylation sites is 2. The molecule has 2 fully saturated rings. The zero-order valence-electron chi connectivity index (χ0n) is 27.0. The lowest BCUT2D eigenvalue weighted by molar-refractivity contribution is -0.0841. The monoisotopic (exact) mass is 612 g/mol. The number of methoxy groups -OCH3 is 1. The molecule has 7 nitrogen and oxygen atoms in total. The van der Waals surface area contributed by atoms with Gasteiger partial charge in [-0.2, -0.15) is 0 Å². The van der Waals surface area contributed by atoms with Crippen molar-refractivity contribution in [1.29, 1.82) is 0 Å². The van der Waals surface area contributed by atoms with Crippen LogP contribution in [0.3, 0.4) is 0 Å². The fourth-order valence-electron chi connectivity index (χ4n) is 8.14. The average molecular weight is 613 g/mol. The lowest BCUT2D eigenvalue weighted by Gasteiger charge is -2.47. The van der Waals surface area contributed by atoms with Gasteiger partial charge in [0, 0.05) is 43.7 Å². The number of hydrogen-bond acceptors (Lipinski definition) is 7. The summed E-state index contributed by atoms with van der Waals surface area (Å²) in [7, 11) is 1.72. The third-order valence-corrected chi connectivity index (χ3v) is 10.9. The van der Waals surface area contributed by atoms with Gasteiger partial charge < -0.3 is 24.3 Å². The van der Waals surface area contributed by atoms with E-state index >= 15 is 0 Å². The minimum Gasteiger partial charge on any atom is -0.495 e. The summed E-state index contributed by atoms with van der Waals surface area (Å²) in [6.45, 7) is 8.46. The standard InChI is InChI=1S/C38H48N2O5/c1-27-8-6-17-37(2)32(30-15-13-28(24-29(41)14-12-27)25-31(30)36(42)35-11-7-23-45-35)16-18-38(37,43)26-39-19-21-40(22-20-39)33-9-4-5-10-34(33)44-3/h4-5,7-11,13,15,23,25,29,32,41,43H,6,12,14,16-22,24,26H2,1-3H3/t29-,32-,37-,38+/m0/s1. The second-order valence-electron chi connectivity index (χ2n) is 13.7. The largest absolute Gasteiger partial charge is 0.495 e. The molecule has 0 spiro atoms. The average Bonchev–Trinajstić information content (AvgIpc) is 3.67. The number of piperazine rings is 1. The molecule has 2 N–H and O–H groups in total. The summed E-state index contributed by atoms with van der Waals surface area (Å²) >= 11 is 0. The Kier molecular flexibility index (Phi) is 9.23. The summed E-state index contributed by atoms with van der Waals surface area (Å²) in [6.07, 6.45) is 8.50. The molecule has 4 atom stereocenters. The van der Waals surface area contributed by atoms with Crippen molar-refractivity contribution >= 4 is 11.5 Å². The van der Waals surface area contributed by atoms with Gasteiger partial charge in [0.25, 0.3) is 0 Å². The first-order chi connectivity index (χ1) is 21.7. The topological polar surface area (TPSA) is 86.4 Å². The number of β-amino-alcohol motifs (C(OH)–C–C–N with tert-alkyl or cyclic N) is 1. The molecule has 240 valence electrons. The van der Waals surface area contributed by atoms with E-state index in [9.17, 15) is 15.0 Å². The number of ketones is 1. The first-order valence-electron chi connectivity index (χ1n) is 16.6. The van der Waals surface area contributed by atoms with Crippen LogP contribution in [0.5, 0.6) is 5.75 Å². The van der Waals surface area contributed by atoms with Crippen LogP contribution >= 0.6 is 0 Å². The van der Waals surface area contributed by atoms with E-state index in [0.29, 0.717) is 37.1 Å². The van der Waals surface area contributed by atoms with Crippen molar-refractivity contribution in [3.63, 3.8) is 0 Å². The highest BCUT2D eigenvalue weighted by Crippen LogP contribution is 2.59. The Bertz CT molecular complexity index is 1510. The normalized spacial score (nSPS) is 27.9. The molecule has 7 rings (SSSR count). The van der Waals surface area contributed by atoms with E-state index in [2.05, 4.69) is 54.0 Å². The summed E-state index contributed by atoms with van der Waals surface area (Å²) in [5, 5.41) is 23.5. The fraction of sp³-hybridized carbons (Fsp3) is 0.500. The number of aliphatic hydroxyl groups excluding tert-OH is 1. The molecule has 0 unspecified atom stereocenters. The lowest BCUT2D eigenvalue weighted by atomic mass is 9.64. The molecule has 4 aliphatic rings. The van der Waals surface area contributed by atoms with Gasteiger partial charge in [0.15, 0.2) is 5.76 Å². The molecule has 1 aromatic heterocycles. The molecule has 7 heteroatoms. The predicted octanol–water partition coefficient (Wildman–Crippen LogP) is 6.38. The minimum absolute atomic E-state index is 0.00176. The van der Waals surface area contributed by atoms with Crippen molar-refractivity contribution in [2.24, 2.45) is 5.41 Å². The third kappa shape index (κ3) is 6.35. The predicted molar refractivity (Wildman–Crippen MR) is 177 cm³/mol. The maximum absolute atomic E-state index is 13.9. The highest BCUT2D eigenvalue weighted by molar-refractivity contribution is 6.08. The van der Waals surface area contributed by atoms with E-state index in [1.807, 2.05) is 18.2 Å². The molecule has 1 saturated heterocycles. The molecule has 3 aliphatic carbocycles. The second kappa shape index (κ2) is 13.1. The van der Waals surface area contributed by atoms with E-state index in [4.69, 9.17) is 9.15 Å². The third-order valence-electron chi connectivity index (χ3n) is 10.9. The van der Waals surface area contributed by atoms with E-state index in [1.165, 1.54) is 11.8 Å². The van der Waals surface area contributed by atoms with E-state index < -0.39 is 17.1 Å². The molecule has 1 aliphatic heterocycles. The lowest BCUT2D eigenvalue weighted by Crippen LogP contribution is -2.56. The SMILES string of the molecule is COc1ccccc1N1CCN(C[C@]2(O)CC[C@H]3c4ccc(cc4C(=O)c4ccco4)C[C@@H](O)CCC(C)=CCC[C@@]32C)CC1. The van der Waals surface area contributed by atoms with Gasteiger partial charge in [-0.3, -0.25) is 9.69 Å². The number of nitrogens with zero attached hydrogens (tertiary/aromatic N) is 2. The highest BCUT2D eigenvalue weighted by atomic mass is 16.5. The van der Waals surface area contributed by atoms with Crippen LogP contribution in [-0.2, 0) is 6.42 Å².